The first kappa shape index (κ1) is 16.7. The third kappa shape index (κ3) is 6.11. The van der Waals surface area contributed by atoms with Gasteiger partial charge in [-0.2, -0.15) is 0 Å². The van der Waals surface area contributed by atoms with E-state index in [1.165, 1.54) is 6.07 Å². The van der Waals surface area contributed by atoms with Gasteiger partial charge < -0.3 is 19.9 Å². The van der Waals surface area contributed by atoms with E-state index in [-0.39, 0.29) is 18.9 Å². The first-order valence-corrected chi connectivity index (χ1v) is 6.31. The molecule has 7 heteroatoms. The van der Waals surface area contributed by atoms with E-state index in [0.29, 0.717) is 0 Å². The molecule has 0 saturated carbocycles. The Kier molecular flexibility index (Phi) is 5.52. The van der Waals surface area contributed by atoms with Crippen molar-refractivity contribution in [2.75, 3.05) is 13.2 Å². The number of hydrogen-bond acceptors (Lipinski definition) is 4. The molecular formula is C14H18FNO5. The van der Waals surface area contributed by atoms with E-state index in [9.17, 15) is 14.0 Å². The van der Waals surface area contributed by atoms with Crippen molar-refractivity contribution >= 4 is 12.1 Å². The molecule has 0 radical (unpaired) electrons. The molecule has 0 aliphatic rings. The number of nitrogens with one attached hydrogen (secondary N) is 1. The quantitative estimate of drug-likeness (QED) is 0.816. The summed E-state index contributed by atoms with van der Waals surface area (Å²) < 4.78 is 23.4. The summed E-state index contributed by atoms with van der Waals surface area (Å²) in [6, 6.07) is 3.42. The highest BCUT2D eigenvalue weighted by atomic mass is 19.1. The molecule has 0 heterocycles. The highest BCUT2D eigenvalue weighted by Crippen LogP contribution is 2.16. The molecular weight excluding hydrogens is 281 g/mol. The summed E-state index contributed by atoms with van der Waals surface area (Å²) in [5.41, 5.74) is -1.05. The fourth-order valence-corrected chi connectivity index (χ4v) is 1.39. The molecule has 0 aliphatic carbocycles. The molecule has 6 nitrogen and oxygen atoms in total. The summed E-state index contributed by atoms with van der Waals surface area (Å²) in [6.07, 6.45) is -0.573. The monoisotopic (exact) mass is 299 g/mol. The molecule has 0 bridgehead atoms. The highest BCUT2D eigenvalue weighted by Gasteiger charge is 2.15. The highest BCUT2D eigenvalue weighted by molar-refractivity contribution is 5.88. The summed E-state index contributed by atoms with van der Waals surface area (Å²) in [5, 5.41) is 11.3. The van der Waals surface area contributed by atoms with E-state index in [1.54, 1.807) is 20.8 Å². The average Bonchev–Trinajstić information content (AvgIpc) is 2.34. The van der Waals surface area contributed by atoms with Crippen LogP contribution < -0.4 is 10.1 Å². The molecule has 0 atom stereocenters. The number of halogens is 1. The van der Waals surface area contributed by atoms with Crippen LogP contribution in [0.3, 0.4) is 0 Å². The van der Waals surface area contributed by atoms with E-state index >= 15 is 0 Å². The first-order valence-electron chi connectivity index (χ1n) is 6.31. The minimum Gasteiger partial charge on any atom is -0.492 e. The minimum absolute atomic E-state index is 0.101. The van der Waals surface area contributed by atoms with Crippen LogP contribution in [-0.4, -0.2) is 35.9 Å². The van der Waals surface area contributed by atoms with Gasteiger partial charge in [-0.05, 0) is 39.0 Å². The number of ether oxygens (including phenoxy) is 2. The van der Waals surface area contributed by atoms with Crippen LogP contribution >= 0.6 is 0 Å². The number of carbonyl (C=O) groups is 2. The van der Waals surface area contributed by atoms with Crippen LogP contribution in [0, 0.1) is 5.82 Å². The number of aromatic carboxylic acids is 1. The van der Waals surface area contributed by atoms with Crippen molar-refractivity contribution in [3.8, 4) is 5.75 Å². The van der Waals surface area contributed by atoms with Crippen LogP contribution in [0.2, 0.25) is 0 Å². The number of carbonyl (C=O) groups excluding carboxylic acids is 1. The van der Waals surface area contributed by atoms with Crippen molar-refractivity contribution in [3.63, 3.8) is 0 Å². The van der Waals surface area contributed by atoms with Gasteiger partial charge >= 0.3 is 12.1 Å². The van der Waals surface area contributed by atoms with Gasteiger partial charge in [0.05, 0.1) is 12.1 Å². The first-order chi connectivity index (χ1) is 9.69. The average molecular weight is 299 g/mol. The SMILES string of the molecule is CC(C)(C)OC(=O)NCCOc1ccc(F)c(C(=O)O)c1. The second-order valence-electron chi connectivity index (χ2n) is 5.22. The number of carboxylic acid groups (broad SMARTS) is 1. The molecule has 1 rings (SSSR count). The number of alkyl carbamates (subject to hydrolysis) is 1. The molecule has 21 heavy (non-hydrogen) atoms. The summed E-state index contributed by atoms with van der Waals surface area (Å²) in [6.45, 7) is 5.51. The van der Waals surface area contributed by atoms with Gasteiger partial charge in [0.2, 0.25) is 0 Å². The van der Waals surface area contributed by atoms with Crippen LogP contribution in [0.5, 0.6) is 5.75 Å². The maximum absolute atomic E-state index is 13.2. The lowest BCUT2D eigenvalue weighted by molar-refractivity contribution is 0.0520. The molecule has 116 valence electrons. The van der Waals surface area contributed by atoms with E-state index in [4.69, 9.17) is 14.6 Å². The Balaban J connectivity index is 2.41. The number of hydrogen-bond donors (Lipinski definition) is 2. The predicted octanol–water partition coefficient (Wildman–Crippen LogP) is 2.43. The zero-order chi connectivity index (χ0) is 16.0. The fourth-order valence-electron chi connectivity index (χ4n) is 1.39. The third-order valence-corrected chi connectivity index (χ3v) is 2.21. The number of carboxylic acids is 1. The Bertz CT molecular complexity index is 525. The van der Waals surface area contributed by atoms with Crippen molar-refractivity contribution in [1.82, 2.24) is 5.32 Å². The summed E-state index contributed by atoms with van der Waals surface area (Å²) in [4.78, 5) is 22.1. The molecule has 0 aliphatic heterocycles. The number of amides is 1. The Morgan fingerprint density at radius 1 is 1.33 bits per heavy atom. The Morgan fingerprint density at radius 2 is 2.00 bits per heavy atom. The van der Waals surface area contributed by atoms with Crippen molar-refractivity contribution in [1.29, 1.82) is 0 Å². The summed E-state index contributed by atoms with van der Waals surface area (Å²) in [7, 11) is 0. The van der Waals surface area contributed by atoms with Gasteiger partial charge in [0.25, 0.3) is 0 Å². The topological polar surface area (TPSA) is 84.9 Å². The van der Waals surface area contributed by atoms with Crippen molar-refractivity contribution < 1.29 is 28.6 Å². The maximum atomic E-state index is 13.2. The Labute approximate surface area is 121 Å². The molecule has 0 saturated heterocycles. The number of rotatable bonds is 5. The lowest BCUT2D eigenvalue weighted by Crippen LogP contribution is -2.34. The molecule has 0 spiro atoms. The minimum atomic E-state index is -1.37. The largest absolute Gasteiger partial charge is 0.492 e. The molecule has 2 N–H and O–H groups in total. The van der Waals surface area contributed by atoms with Crippen LogP contribution in [0.15, 0.2) is 18.2 Å². The molecule has 0 fully saturated rings. The van der Waals surface area contributed by atoms with Crippen molar-refractivity contribution in [3.05, 3.63) is 29.6 Å². The van der Waals surface area contributed by atoms with Crippen LogP contribution in [0.25, 0.3) is 0 Å². The molecule has 1 aromatic carbocycles. The second kappa shape index (κ2) is 6.92. The summed E-state index contributed by atoms with van der Waals surface area (Å²) >= 11 is 0. The predicted molar refractivity (Wildman–Crippen MR) is 73.1 cm³/mol. The smallest absolute Gasteiger partial charge is 0.407 e. The molecule has 0 aromatic heterocycles. The van der Waals surface area contributed by atoms with Crippen molar-refractivity contribution in [2.45, 2.75) is 26.4 Å². The molecule has 1 aromatic rings. The summed E-state index contributed by atoms with van der Waals surface area (Å²) in [5.74, 6) is -1.99. The zero-order valence-corrected chi connectivity index (χ0v) is 12.1. The Morgan fingerprint density at radius 3 is 2.57 bits per heavy atom. The molecule has 0 unspecified atom stereocenters. The lowest BCUT2D eigenvalue weighted by Gasteiger charge is -2.19. The molecule has 1 amide bonds. The van der Waals surface area contributed by atoms with Crippen LogP contribution in [-0.2, 0) is 4.74 Å². The van der Waals surface area contributed by atoms with Gasteiger partial charge in [0, 0.05) is 0 Å². The normalized spacial score (nSPS) is 10.9. The van der Waals surface area contributed by atoms with Crippen LogP contribution in [0.1, 0.15) is 31.1 Å². The zero-order valence-electron chi connectivity index (χ0n) is 12.1. The van der Waals surface area contributed by atoms with Gasteiger partial charge in [-0.1, -0.05) is 0 Å². The van der Waals surface area contributed by atoms with Crippen molar-refractivity contribution in [2.24, 2.45) is 0 Å². The van der Waals surface area contributed by atoms with E-state index in [1.807, 2.05) is 0 Å². The number of benzene rings is 1. The third-order valence-electron chi connectivity index (χ3n) is 2.21. The Hall–Kier alpha value is -2.31. The van der Waals surface area contributed by atoms with Gasteiger partial charge in [-0.25, -0.2) is 14.0 Å². The van der Waals surface area contributed by atoms with E-state index in [2.05, 4.69) is 5.32 Å². The van der Waals surface area contributed by atoms with Gasteiger partial charge in [0.15, 0.2) is 0 Å². The fraction of sp³-hybridized carbons (Fsp3) is 0.429. The van der Waals surface area contributed by atoms with E-state index in [0.717, 1.165) is 12.1 Å². The van der Waals surface area contributed by atoms with E-state index < -0.39 is 29.0 Å². The van der Waals surface area contributed by atoms with Gasteiger partial charge in [-0.15, -0.1) is 0 Å². The second-order valence-corrected chi connectivity index (χ2v) is 5.22. The lowest BCUT2D eigenvalue weighted by atomic mass is 10.2. The van der Waals surface area contributed by atoms with Gasteiger partial charge in [0.1, 0.15) is 23.8 Å². The standard InChI is InChI=1S/C14H18FNO5/c1-14(2,3)21-13(19)16-6-7-20-9-4-5-11(15)10(8-9)12(17)18/h4-5,8H,6-7H2,1-3H3,(H,16,19)(H,17,18). The van der Waals surface area contributed by atoms with Gasteiger partial charge in [-0.3, -0.25) is 0 Å². The van der Waals surface area contributed by atoms with Crippen LogP contribution in [0.4, 0.5) is 9.18 Å². The maximum Gasteiger partial charge on any atom is 0.407 e.